The Hall–Kier alpha value is -4.63. The molecule has 174 valence electrons. The fourth-order valence-corrected chi connectivity index (χ4v) is 4.00. The molecule has 6 nitrogen and oxygen atoms in total. The number of hydrogen-bond donors (Lipinski definition) is 0. The molecular weight excluding hydrogens is 436 g/mol. The van der Waals surface area contributed by atoms with Crippen molar-refractivity contribution in [3.8, 4) is 6.07 Å². The van der Waals surface area contributed by atoms with Gasteiger partial charge in [0.15, 0.2) is 0 Å². The molecule has 0 bridgehead atoms. The quantitative estimate of drug-likeness (QED) is 0.301. The Bertz CT molecular complexity index is 1290. The van der Waals surface area contributed by atoms with Gasteiger partial charge in [-0.05, 0) is 53.1 Å². The normalized spacial score (nSPS) is 12.5. The number of nitrogens with zero attached hydrogens (tertiary/aromatic N) is 4. The fourth-order valence-electron chi connectivity index (χ4n) is 4.00. The zero-order chi connectivity index (χ0) is 25.1. The molecule has 0 saturated heterocycles. The van der Waals surface area contributed by atoms with Crippen LogP contribution in [0.2, 0.25) is 0 Å². The first-order chi connectivity index (χ1) is 16.8. The van der Waals surface area contributed by atoms with Crippen molar-refractivity contribution in [3.63, 3.8) is 0 Å². The second kappa shape index (κ2) is 9.70. The number of carbonyl (C=O) groups excluding carboxylic acids is 2. The van der Waals surface area contributed by atoms with E-state index in [0.717, 1.165) is 33.0 Å². The standard InChI is InChI=1S/C29H26N4O2/c1-31(2)23-11-7-21(8-12-23)29(22-9-13-24(14-10-22)32(3)4)26(19-30)20-5-15-25(16-6-20)33-27(34)17-18-28(33)35/h5-18H,1-4H3. The zero-order valence-corrected chi connectivity index (χ0v) is 20.2. The molecule has 6 heteroatoms. The average molecular weight is 463 g/mol. The number of anilines is 3. The molecule has 35 heavy (non-hydrogen) atoms. The number of carbonyl (C=O) groups is 2. The second-order valence-electron chi connectivity index (χ2n) is 8.64. The van der Waals surface area contributed by atoms with Gasteiger partial charge in [0, 0.05) is 57.3 Å². The van der Waals surface area contributed by atoms with E-state index >= 15 is 0 Å². The van der Waals surface area contributed by atoms with Gasteiger partial charge in [-0.3, -0.25) is 9.59 Å². The number of imide groups is 1. The molecule has 0 aromatic heterocycles. The Labute approximate surface area is 205 Å². The highest BCUT2D eigenvalue weighted by molar-refractivity contribution is 6.28. The van der Waals surface area contributed by atoms with E-state index in [1.54, 1.807) is 24.3 Å². The molecule has 1 heterocycles. The van der Waals surface area contributed by atoms with Crippen molar-refractivity contribution < 1.29 is 9.59 Å². The second-order valence-corrected chi connectivity index (χ2v) is 8.64. The van der Waals surface area contributed by atoms with Crippen LogP contribution in [0.15, 0.2) is 84.9 Å². The van der Waals surface area contributed by atoms with E-state index in [9.17, 15) is 14.9 Å². The molecule has 0 N–H and O–H groups in total. The number of nitriles is 1. The Balaban J connectivity index is 1.84. The Morgan fingerprint density at radius 2 is 1.06 bits per heavy atom. The van der Waals surface area contributed by atoms with Crippen LogP contribution in [0.3, 0.4) is 0 Å². The number of hydrogen-bond acceptors (Lipinski definition) is 5. The lowest BCUT2D eigenvalue weighted by atomic mass is 9.89. The zero-order valence-electron chi connectivity index (χ0n) is 20.2. The Morgan fingerprint density at radius 1 is 0.657 bits per heavy atom. The fraction of sp³-hybridized carbons (Fsp3) is 0.138. The molecule has 0 fully saturated rings. The number of allylic oxidation sites excluding steroid dienone is 1. The van der Waals surface area contributed by atoms with Gasteiger partial charge in [-0.15, -0.1) is 0 Å². The molecule has 0 spiro atoms. The lowest BCUT2D eigenvalue weighted by Gasteiger charge is -2.18. The third-order valence-corrected chi connectivity index (χ3v) is 5.93. The van der Waals surface area contributed by atoms with Gasteiger partial charge in [-0.2, -0.15) is 5.26 Å². The minimum absolute atomic E-state index is 0.374. The van der Waals surface area contributed by atoms with E-state index in [-0.39, 0.29) is 11.8 Å². The van der Waals surface area contributed by atoms with Crippen LogP contribution in [0.5, 0.6) is 0 Å². The van der Waals surface area contributed by atoms with Gasteiger partial charge in [0.25, 0.3) is 11.8 Å². The molecule has 1 aliphatic rings. The molecular formula is C29H26N4O2. The van der Waals surface area contributed by atoms with Crippen LogP contribution in [-0.2, 0) is 9.59 Å². The number of benzene rings is 3. The van der Waals surface area contributed by atoms with Crippen molar-refractivity contribution in [3.05, 3.63) is 102 Å². The van der Waals surface area contributed by atoms with Gasteiger partial charge >= 0.3 is 0 Å². The van der Waals surface area contributed by atoms with E-state index in [1.165, 1.54) is 12.2 Å². The molecule has 0 aliphatic carbocycles. The summed E-state index contributed by atoms with van der Waals surface area (Å²) in [6.07, 6.45) is 2.51. The highest BCUT2D eigenvalue weighted by Crippen LogP contribution is 2.34. The van der Waals surface area contributed by atoms with Crippen LogP contribution in [0.1, 0.15) is 16.7 Å². The number of amides is 2. The molecule has 1 aliphatic heterocycles. The lowest BCUT2D eigenvalue weighted by molar-refractivity contribution is -0.119. The topological polar surface area (TPSA) is 67.6 Å². The van der Waals surface area contributed by atoms with Crippen LogP contribution in [0.4, 0.5) is 17.1 Å². The van der Waals surface area contributed by atoms with E-state index in [0.29, 0.717) is 16.8 Å². The third kappa shape index (κ3) is 4.71. The van der Waals surface area contributed by atoms with Crippen molar-refractivity contribution in [2.24, 2.45) is 0 Å². The highest BCUT2D eigenvalue weighted by Gasteiger charge is 2.25. The monoisotopic (exact) mass is 462 g/mol. The molecule has 2 amide bonds. The Kier molecular flexibility index (Phi) is 6.52. The van der Waals surface area contributed by atoms with Gasteiger partial charge in [-0.25, -0.2) is 4.90 Å². The van der Waals surface area contributed by atoms with E-state index < -0.39 is 0 Å². The molecule has 0 radical (unpaired) electrons. The van der Waals surface area contributed by atoms with Gasteiger partial charge < -0.3 is 9.80 Å². The minimum Gasteiger partial charge on any atom is -0.378 e. The molecule has 0 atom stereocenters. The molecule has 0 unspecified atom stereocenters. The third-order valence-electron chi connectivity index (χ3n) is 5.93. The van der Waals surface area contributed by atoms with Gasteiger partial charge in [-0.1, -0.05) is 36.4 Å². The highest BCUT2D eigenvalue weighted by atomic mass is 16.2. The van der Waals surface area contributed by atoms with Crippen LogP contribution < -0.4 is 14.7 Å². The average Bonchev–Trinajstić information content (AvgIpc) is 3.20. The van der Waals surface area contributed by atoms with Crippen molar-refractivity contribution in [2.75, 3.05) is 42.9 Å². The summed E-state index contributed by atoms with van der Waals surface area (Å²) in [4.78, 5) is 29.2. The molecule has 4 rings (SSSR count). The lowest BCUT2D eigenvalue weighted by Crippen LogP contribution is -2.29. The minimum atomic E-state index is -0.374. The Morgan fingerprint density at radius 3 is 1.43 bits per heavy atom. The maximum atomic E-state index is 12.0. The van der Waals surface area contributed by atoms with E-state index in [4.69, 9.17) is 0 Å². The van der Waals surface area contributed by atoms with Crippen molar-refractivity contribution in [1.29, 1.82) is 5.26 Å². The van der Waals surface area contributed by atoms with E-state index in [2.05, 4.69) is 6.07 Å². The first-order valence-electron chi connectivity index (χ1n) is 11.2. The van der Waals surface area contributed by atoms with Crippen LogP contribution in [0, 0.1) is 11.3 Å². The first kappa shape index (κ1) is 23.5. The summed E-state index contributed by atoms with van der Waals surface area (Å²) in [6, 6.07) is 25.5. The van der Waals surface area contributed by atoms with Crippen LogP contribution in [0.25, 0.3) is 11.1 Å². The summed E-state index contributed by atoms with van der Waals surface area (Å²) in [6.45, 7) is 0. The largest absolute Gasteiger partial charge is 0.378 e. The SMILES string of the molecule is CN(C)c1ccc(C(=C(C#N)c2ccc(N3C(=O)C=CC3=O)cc2)c2ccc(N(C)C)cc2)cc1. The van der Waals surface area contributed by atoms with Gasteiger partial charge in [0.05, 0.1) is 11.3 Å². The summed E-state index contributed by atoms with van der Waals surface area (Å²) >= 11 is 0. The number of rotatable bonds is 6. The summed E-state index contributed by atoms with van der Waals surface area (Å²) in [5.74, 6) is -0.747. The predicted molar refractivity (Wildman–Crippen MR) is 141 cm³/mol. The van der Waals surface area contributed by atoms with Crippen molar-refractivity contribution in [1.82, 2.24) is 0 Å². The van der Waals surface area contributed by atoms with Crippen LogP contribution >= 0.6 is 0 Å². The summed E-state index contributed by atoms with van der Waals surface area (Å²) in [5.41, 5.74) is 6.45. The van der Waals surface area contributed by atoms with E-state index in [1.807, 2.05) is 86.5 Å². The molecule has 3 aromatic rings. The maximum absolute atomic E-state index is 12.0. The van der Waals surface area contributed by atoms with Gasteiger partial charge in [0.2, 0.25) is 0 Å². The molecule has 0 saturated carbocycles. The maximum Gasteiger partial charge on any atom is 0.258 e. The van der Waals surface area contributed by atoms with Gasteiger partial charge in [0.1, 0.15) is 6.07 Å². The van der Waals surface area contributed by atoms with Crippen LogP contribution in [-0.4, -0.2) is 40.0 Å². The smallest absolute Gasteiger partial charge is 0.258 e. The molecule has 3 aromatic carbocycles. The predicted octanol–water partition coefficient (Wildman–Crippen LogP) is 4.73. The van der Waals surface area contributed by atoms with Crippen molar-refractivity contribution >= 4 is 40.0 Å². The summed E-state index contributed by atoms with van der Waals surface area (Å²) < 4.78 is 0. The summed E-state index contributed by atoms with van der Waals surface area (Å²) in [5, 5.41) is 10.3. The van der Waals surface area contributed by atoms with Crippen molar-refractivity contribution in [2.45, 2.75) is 0 Å². The summed E-state index contributed by atoms with van der Waals surface area (Å²) in [7, 11) is 7.94. The first-order valence-corrected chi connectivity index (χ1v) is 11.2.